The van der Waals surface area contributed by atoms with E-state index >= 15 is 0 Å². The quantitative estimate of drug-likeness (QED) is 0.483. The minimum Gasteiger partial charge on any atom is -0.405 e. The van der Waals surface area contributed by atoms with Crippen molar-refractivity contribution >= 4 is 17.3 Å². The number of alkyl halides is 3. The van der Waals surface area contributed by atoms with Gasteiger partial charge in [0.05, 0.1) is 4.92 Å². The Morgan fingerprint density at radius 2 is 1.86 bits per heavy atom. The average Bonchev–Trinajstić information content (AvgIpc) is 2.37. The highest BCUT2D eigenvalue weighted by molar-refractivity contribution is 6.29. The standard InChI is InChI=1S/C12H6ClF3N2O3/c13-10-6-5-8(18(19)20)11(17-10)7-3-1-2-4-9(7)21-12(14,15)16/h1-6H. The zero-order chi connectivity index (χ0) is 15.6. The van der Waals surface area contributed by atoms with E-state index in [1.807, 2.05) is 0 Å². The number of halogens is 4. The molecule has 0 N–H and O–H groups in total. The van der Waals surface area contributed by atoms with Crippen LogP contribution in [0.15, 0.2) is 36.4 Å². The molecule has 0 fully saturated rings. The molecule has 1 aromatic heterocycles. The Labute approximate surface area is 121 Å². The van der Waals surface area contributed by atoms with E-state index in [4.69, 9.17) is 11.6 Å². The van der Waals surface area contributed by atoms with Gasteiger partial charge in [0.1, 0.15) is 10.9 Å². The summed E-state index contributed by atoms with van der Waals surface area (Å²) < 4.78 is 41.0. The molecule has 110 valence electrons. The first kappa shape index (κ1) is 15.0. The molecule has 1 aromatic carbocycles. The van der Waals surface area contributed by atoms with Crippen LogP contribution in [0.2, 0.25) is 5.15 Å². The molecule has 0 bridgehead atoms. The number of pyridine rings is 1. The minimum absolute atomic E-state index is 0.0857. The van der Waals surface area contributed by atoms with E-state index in [0.717, 1.165) is 12.1 Å². The molecular weight excluding hydrogens is 313 g/mol. The number of nitro groups is 1. The largest absolute Gasteiger partial charge is 0.573 e. The lowest BCUT2D eigenvalue weighted by molar-refractivity contribution is -0.384. The van der Waals surface area contributed by atoms with Gasteiger partial charge in [0.25, 0.3) is 5.69 Å². The second-order valence-electron chi connectivity index (χ2n) is 3.80. The fourth-order valence-corrected chi connectivity index (χ4v) is 1.80. The van der Waals surface area contributed by atoms with E-state index < -0.39 is 22.7 Å². The zero-order valence-corrected chi connectivity index (χ0v) is 10.9. The van der Waals surface area contributed by atoms with Gasteiger partial charge >= 0.3 is 6.36 Å². The summed E-state index contributed by atoms with van der Waals surface area (Å²) in [5.74, 6) is -0.595. The molecule has 2 rings (SSSR count). The lowest BCUT2D eigenvalue weighted by Crippen LogP contribution is -2.17. The van der Waals surface area contributed by atoms with Crippen LogP contribution < -0.4 is 4.74 Å². The molecule has 21 heavy (non-hydrogen) atoms. The van der Waals surface area contributed by atoms with Gasteiger partial charge in [0, 0.05) is 11.6 Å². The SMILES string of the molecule is O=[N+]([O-])c1ccc(Cl)nc1-c1ccccc1OC(F)(F)F. The predicted octanol–water partition coefficient (Wildman–Crippen LogP) is 4.21. The van der Waals surface area contributed by atoms with Crippen LogP contribution in [0, 0.1) is 10.1 Å². The van der Waals surface area contributed by atoms with Crippen molar-refractivity contribution in [1.82, 2.24) is 4.98 Å². The van der Waals surface area contributed by atoms with Crippen molar-refractivity contribution in [2.24, 2.45) is 0 Å². The molecule has 5 nitrogen and oxygen atoms in total. The van der Waals surface area contributed by atoms with Crippen molar-refractivity contribution in [2.45, 2.75) is 6.36 Å². The fourth-order valence-electron chi connectivity index (χ4n) is 1.65. The third kappa shape index (κ3) is 3.60. The van der Waals surface area contributed by atoms with Gasteiger partial charge < -0.3 is 4.74 Å². The molecule has 0 aliphatic carbocycles. The lowest BCUT2D eigenvalue weighted by Gasteiger charge is -2.12. The van der Waals surface area contributed by atoms with Gasteiger partial charge in [-0.3, -0.25) is 10.1 Å². The molecule has 0 unspecified atom stereocenters. The summed E-state index contributed by atoms with van der Waals surface area (Å²) in [6.45, 7) is 0. The Morgan fingerprint density at radius 1 is 1.19 bits per heavy atom. The van der Waals surface area contributed by atoms with Crippen LogP contribution >= 0.6 is 11.6 Å². The van der Waals surface area contributed by atoms with Crippen LogP contribution in [0.4, 0.5) is 18.9 Å². The van der Waals surface area contributed by atoms with E-state index in [-0.39, 0.29) is 16.4 Å². The topological polar surface area (TPSA) is 65.3 Å². The van der Waals surface area contributed by atoms with Crippen molar-refractivity contribution in [3.8, 4) is 17.0 Å². The maximum absolute atomic E-state index is 12.4. The van der Waals surface area contributed by atoms with E-state index in [1.165, 1.54) is 24.3 Å². The molecule has 0 aliphatic heterocycles. The summed E-state index contributed by atoms with van der Waals surface area (Å²) in [7, 11) is 0. The molecule has 0 saturated carbocycles. The fraction of sp³-hybridized carbons (Fsp3) is 0.0833. The van der Waals surface area contributed by atoms with Gasteiger partial charge in [-0.2, -0.15) is 0 Å². The molecular formula is C12H6ClF3N2O3. The molecule has 0 spiro atoms. The van der Waals surface area contributed by atoms with Gasteiger partial charge in [-0.15, -0.1) is 13.2 Å². The van der Waals surface area contributed by atoms with Crippen LogP contribution in [0.5, 0.6) is 5.75 Å². The van der Waals surface area contributed by atoms with Crippen LogP contribution in [0.25, 0.3) is 11.3 Å². The molecule has 1 heterocycles. The van der Waals surface area contributed by atoms with Crippen LogP contribution in [0.1, 0.15) is 0 Å². The second kappa shape index (κ2) is 5.57. The third-order valence-corrected chi connectivity index (χ3v) is 2.62. The van der Waals surface area contributed by atoms with E-state index in [2.05, 4.69) is 9.72 Å². The smallest absolute Gasteiger partial charge is 0.405 e. The Bertz CT molecular complexity index is 692. The van der Waals surface area contributed by atoms with Gasteiger partial charge in [-0.05, 0) is 18.2 Å². The number of aromatic nitrogens is 1. The number of para-hydroxylation sites is 1. The highest BCUT2D eigenvalue weighted by Crippen LogP contribution is 2.37. The van der Waals surface area contributed by atoms with Crippen LogP contribution in [-0.2, 0) is 0 Å². The zero-order valence-electron chi connectivity index (χ0n) is 10.1. The number of benzene rings is 1. The number of ether oxygens (including phenoxy) is 1. The average molecular weight is 319 g/mol. The summed E-state index contributed by atoms with van der Waals surface area (Å²) in [6.07, 6.45) is -4.93. The highest BCUT2D eigenvalue weighted by Gasteiger charge is 2.33. The first-order valence-corrected chi connectivity index (χ1v) is 5.82. The van der Waals surface area contributed by atoms with Crippen molar-refractivity contribution < 1.29 is 22.8 Å². The minimum atomic E-state index is -4.93. The van der Waals surface area contributed by atoms with Gasteiger partial charge in [-0.25, -0.2) is 4.98 Å². The molecule has 0 aliphatic rings. The normalized spacial score (nSPS) is 11.2. The van der Waals surface area contributed by atoms with E-state index in [1.54, 1.807) is 0 Å². The monoisotopic (exact) mass is 318 g/mol. The summed E-state index contributed by atoms with van der Waals surface area (Å²) in [5, 5.41) is 10.9. The van der Waals surface area contributed by atoms with Crippen molar-refractivity contribution in [2.75, 3.05) is 0 Å². The number of hydrogen-bond acceptors (Lipinski definition) is 4. The Balaban J connectivity index is 2.62. The van der Waals surface area contributed by atoms with Gasteiger partial charge in [0.15, 0.2) is 5.69 Å². The Hall–Kier alpha value is -2.35. The first-order chi connectivity index (χ1) is 9.78. The van der Waals surface area contributed by atoms with Gasteiger partial charge in [-0.1, -0.05) is 23.7 Å². The van der Waals surface area contributed by atoms with Gasteiger partial charge in [0.2, 0.25) is 0 Å². The maximum Gasteiger partial charge on any atom is 0.573 e. The summed E-state index contributed by atoms with van der Waals surface area (Å²) >= 11 is 5.66. The van der Waals surface area contributed by atoms with Crippen LogP contribution in [-0.4, -0.2) is 16.3 Å². The molecule has 0 amide bonds. The predicted molar refractivity (Wildman–Crippen MR) is 68.0 cm³/mol. The number of rotatable bonds is 3. The maximum atomic E-state index is 12.4. The molecule has 0 saturated heterocycles. The van der Waals surface area contributed by atoms with E-state index in [0.29, 0.717) is 0 Å². The molecule has 2 aromatic rings. The Morgan fingerprint density at radius 3 is 2.48 bits per heavy atom. The number of nitrogens with zero attached hydrogens (tertiary/aromatic N) is 2. The number of hydrogen-bond donors (Lipinski definition) is 0. The highest BCUT2D eigenvalue weighted by atomic mass is 35.5. The molecule has 0 atom stereocenters. The molecule has 9 heteroatoms. The van der Waals surface area contributed by atoms with Crippen molar-refractivity contribution in [1.29, 1.82) is 0 Å². The summed E-state index contributed by atoms with van der Waals surface area (Å²) in [4.78, 5) is 13.9. The lowest BCUT2D eigenvalue weighted by atomic mass is 10.1. The molecule has 0 radical (unpaired) electrons. The summed E-state index contributed by atoms with van der Waals surface area (Å²) in [6, 6.07) is 7.22. The summed E-state index contributed by atoms with van der Waals surface area (Å²) in [5.41, 5.74) is -0.950. The third-order valence-electron chi connectivity index (χ3n) is 2.40. The van der Waals surface area contributed by atoms with Crippen LogP contribution in [0.3, 0.4) is 0 Å². The Kier molecular flexibility index (Phi) is 3.99. The second-order valence-corrected chi connectivity index (χ2v) is 4.19. The van der Waals surface area contributed by atoms with Crippen molar-refractivity contribution in [3.05, 3.63) is 51.7 Å². The first-order valence-electron chi connectivity index (χ1n) is 5.44. The van der Waals surface area contributed by atoms with Crippen molar-refractivity contribution in [3.63, 3.8) is 0 Å². The van der Waals surface area contributed by atoms with E-state index in [9.17, 15) is 23.3 Å².